The van der Waals surface area contributed by atoms with Crippen molar-refractivity contribution in [2.45, 2.75) is 19.4 Å². The molecule has 0 aliphatic heterocycles. The van der Waals surface area contributed by atoms with Crippen molar-refractivity contribution in [1.29, 1.82) is 0 Å². The molecule has 0 spiro atoms. The van der Waals surface area contributed by atoms with Crippen molar-refractivity contribution in [2.75, 3.05) is 0 Å². The molecule has 0 aliphatic carbocycles. The van der Waals surface area contributed by atoms with Crippen LogP contribution in [-0.4, -0.2) is 0 Å². The minimum absolute atomic E-state index is 0.135. The first-order valence-electron chi connectivity index (χ1n) is 5.93. The highest BCUT2D eigenvalue weighted by Gasteiger charge is 2.12. The van der Waals surface area contributed by atoms with Crippen LogP contribution in [0.5, 0.6) is 0 Å². The van der Waals surface area contributed by atoms with Crippen LogP contribution in [0.3, 0.4) is 0 Å². The number of nitrogens with two attached hydrogens (primary N) is 1. The van der Waals surface area contributed by atoms with E-state index in [1.807, 2.05) is 25.1 Å². The lowest BCUT2D eigenvalue weighted by Gasteiger charge is -2.16. The van der Waals surface area contributed by atoms with Crippen LogP contribution >= 0.6 is 27.5 Å². The lowest BCUT2D eigenvalue weighted by Crippen LogP contribution is -2.14. The van der Waals surface area contributed by atoms with E-state index in [1.165, 1.54) is 6.07 Å². The molecule has 0 heterocycles. The van der Waals surface area contributed by atoms with Crippen LogP contribution in [0, 0.1) is 12.7 Å². The van der Waals surface area contributed by atoms with E-state index in [-0.39, 0.29) is 11.1 Å². The topological polar surface area (TPSA) is 26.0 Å². The molecule has 1 unspecified atom stereocenters. The third kappa shape index (κ3) is 3.35. The minimum atomic E-state index is -0.405. The normalized spacial score (nSPS) is 12.5. The summed E-state index contributed by atoms with van der Waals surface area (Å²) in [6, 6.07) is 10.5. The fourth-order valence-corrected chi connectivity index (χ4v) is 2.64. The summed E-state index contributed by atoms with van der Waals surface area (Å²) in [5.41, 5.74) is 9.36. The summed E-state index contributed by atoms with van der Waals surface area (Å²) in [6.07, 6.45) is 0.622. The molecule has 0 bridgehead atoms. The van der Waals surface area contributed by atoms with Gasteiger partial charge in [-0.2, -0.15) is 0 Å². The molecule has 19 heavy (non-hydrogen) atoms. The number of benzene rings is 2. The second kappa shape index (κ2) is 6.04. The molecule has 0 amide bonds. The largest absolute Gasteiger partial charge is 0.324 e. The van der Waals surface area contributed by atoms with E-state index in [0.29, 0.717) is 6.42 Å². The number of hydrogen-bond acceptors (Lipinski definition) is 1. The van der Waals surface area contributed by atoms with Crippen molar-refractivity contribution < 1.29 is 4.39 Å². The summed E-state index contributed by atoms with van der Waals surface area (Å²) in [6.45, 7) is 2.02. The van der Waals surface area contributed by atoms with Crippen LogP contribution in [0.15, 0.2) is 40.9 Å². The van der Waals surface area contributed by atoms with Gasteiger partial charge in [-0.1, -0.05) is 45.7 Å². The zero-order valence-electron chi connectivity index (χ0n) is 10.5. The third-order valence-corrected chi connectivity index (χ3v) is 4.30. The molecule has 100 valence electrons. The Hall–Kier alpha value is -0.900. The van der Waals surface area contributed by atoms with Crippen LogP contribution in [0.4, 0.5) is 4.39 Å². The van der Waals surface area contributed by atoms with E-state index in [1.54, 1.807) is 12.1 Å². The van der Waals surface area contributed by atoms with Crippen LogP contribution in [0.25, 0.3) is 0 Å². The van der Waals surface area contributed by atoms with Crippen LogP contribution in [-0.2, 0) is 6.42 Å². The second-order valence-electron chi connectivity index (χ2n) is 4.51. The summed E-state index contributed by atoms with van der Waals surface area (Å²) >= 11 is 9.27. The molecule has 2 aromatic carbocycles. The Morgan fingerprint density at radius 3 is 2.74 bits per heavy atom. The van der Waals surface area contributed by atoms with Crippen LogP contribution < -0.4 is 5.73 Å². The van der Waals surface area contributed by atoms with Gasteiger partial charge in [0.05, 0.1) is 5.02 Å². The predicted octanol–water partition coefficient (Wildman–Crippen LogP) is 4.79. The predicted molar refractivity (Wildman–Crippen MR) is 80.9 cm³/mol. The van der Waals surface area contributed by atoms with Crippen molar-refractivity contribution >= 4 is 27.5 Å². The van der Waals surface area contributed by atoms with Gasteiger partial charge >= 0.3 is 0 Å². The van der Waals surface area contributed by atoms with Crippen molar-refractivity contribution in [1.82, 2.24) is 0 Å². The molecule has 2 rings (SSSR count). The third-order valence-electron chi connectivity index (χ3n) is 3.15. The summed E-state index contributed by atoms with van der Waals surface area (Å²) in [7, 11) is 0. The van der Waals surface area contributed by atoms with E-state index in [2.05, 4.69) is 15.9 Å². The standard InChI is InChI=1S/C15H14BrClFN/c1-9-11(3-2-4-12(9)16)15(19)8-10-5-6-14(18)13(17)7-10/h2-7,15H,8,19H2,1H3. The Kier molecular flexibility index (Phi) is 4.61. The summed E-state index contributed by atoms with van der Waals surface area (Å²) in [4.78, 5) is 0. The first-order chi connectivity index (χ1) is 8.99. The smallest absolute Gasteiger partial charge is 0.141 e. The highest BCUT2D eigenvalue weighted by atomic mass is 79.9. The monoisotopic (exact) mass is 341 g/mol. The van der Waals surface area contributed by atoms with Crippen LogP contribution in [0.1, 0.15) is 22.7 Å². The fourth-order valence-electron chi connectivity index (χ4n) is 2.06. The zero-order valence-corrected chi connectivity index (χ0v) is 12.8. The van der Waals surface area contributed by atoms with Gasteiger partial charge in [0.15, 0.2) is 0 Å². The Labute approximate surface area is 125 Å². The van der Waals surface area contributed by atoms with Gasteiger partial charge in [-0.05, 0) is 48.2 Å². The van der Waals surface area contributed by atoms with Crippen molar-refractivity contribution in [3.8, 4) is 0 Å². The lowest BCUT2D eigenvalue weighted by molar-refractivity contribution is 0.626. The van der Waals surface area contributed by atoms with Gasteiger partial charge in [-0.15, -0.1) is 0 Å². The molecule has 1 atom stereocenters. The van der Waals surface area contributed by atoms with Gasteiger partial charge in [-0.3, -0.25) is 0 Å². The van der Waals surface area contributed by atoms with Gasteiger partial charge in [0.1, 0.15) is 5.82 Å². The number of rotatable bonds is 3. The van der Waals surface area contributed by atoms with Crippen molar-refractivity contribution in [2.24, 2.45) is 5.73 Å². The van der Waals surface area contributed by atoms with Gasteiger partial charge in [0, 0.05) is 10.5 Å². The van der Waals surface area contributed by atoms with Crippen molar-refractivity contribution in [3.05, 3.63) is 68.4 Å². The van der Waals surface area contributed by atoms with Crippen molar-refractivity contribution in [3.63, 3.8) is 0 Å². The van der Waals surface area contributed by atoms with Gasteiger partial charge in [-0.25, -0.2) is 4.39 Å². The van der Waals surface area contributed by atoms with Gasteiger partial charge in [0.25, 0.3) is 0 Å². The maximum Gasteiger partial charge on any atom is 0.141 e. The highest BCUT2D eigenvalue weighted by molar-refractivity contribution is 9.10. The molecule has 2 aromatic rings. The molecular formula is C15H14BrClFN. The average molecular weight is 343 g/mol. The quantitative estimate of drug-likeness (QED) is 0.852. The van der Waals surface area contributed by atoms with Gasteiger partial charge < -0.3 is 5.73 Å². The highest BCUT2D eigenvalue weighted by Crippen LogP contribution is 2.26. The Bertz CT molecular complexity index is 601. The maximum atomic E-state index is 13.1. The Morgan fingerprint density at radius 2 is 2.05 bits per heavy atom. The number of hydrogen-bond donors (Lipinski definition) is 1. The maximum absolute atomic E-state index is 13.1. The molecule has 0 radical (unpaired) electrons. The van der Waals surface area contributed by atoms with Gasteiger partial charge in [0.2, 0.25) is 0 Å². The molecule has 2 N–H and O–H groups in total. The summed E-state index contributed by atoms with van der Waals surface area (Å²) < 4.78 is 14.1. The van der Waals surface area contributed by atoms with E-state index >= 15 is 0 Å². The Morgan fingerprint density at radius 1 is 1.32 bits per heavy atom. The first kappa shape index (κ1) is 14.5. The van der Waals surface area contributed by atoms with E-state index in [0.717, 1.165) is 21.2 Å². The molecule has 0 fully saturated rings. The SMILES string of the molecule is Cc1c(Br)cccc1C(N)Cc1ccc(F)c(Cl)c1. The molecule has 4 heteroatoms. The second-order valence-corrected chi connectivity index (χ2v) is 5.77. The summed E-state index contributed by atoms with van der Waals surface area (Å²) in [5.74, 6) is -0.405. The molecular weight excluding hydrogens is 329 g/mol. The minimum Gasteiger partial charge on any atom is -0.324 e. The molecule has 0 saturated carbocycles. The Balaban J connectivity index is 2.23. The average Bonchev–Trinajstić information content (AvgIpc) is 2.37. The summed E-state index contributed by atoms with van der Waals surface area (Å²) in [5, 5.41) is 0.135. The fraction of sp³-hybridized carbons (Fsp3) is 0.200. The molecule has 0 saturated heterocycles. The molecule has 1 nitrogen and oxygen atoms in total. The van der Waals surface area contributed by atoms with Crippen LogP contribution in [0.2, 0.25) is 5.02 Å². The lowest BCUT2D eigenvalue weighted by atomic mass is 9.96. The van der Waals surface area contributed by atoms with E-state index in [4.69, 9.17) is 17.3 Å². The van der Waals surface area contributed by atoms with E-state index in [9.17, 15) is 4.39 Å². The zero-order chi connectivity index (χ0) is 14.0. The first-order valence-corrected chi connectivity index (χ1v) is 7.10. The number of halogens is 3. The molecule has 0 aliphatic rings. The molecule has 0 aromatic heterocycles. The van der Waals surface area contributed by atoms with E-state index < -0.39 is 5.82 Å².